The van der Waals surface area contributed by atoms with E-state index in [4.69, 9.17) is 4.84 Å². The summed E-state index contributed by atoms with van der Waals surface area (Å²) in [6.07, 6.45) is 1.63. The molecule has 0 unspecified atom stereocenters. The van der Waals surface area contributed by atoms with E-state index in [0.29, 0.717) is 5.57 Å². The first-order valence-corrected chi connectivity index (χ1v) is 6.16. The maximum atomic E-state index is 12.1. The summed E-state index contributed by atoms with van der Waals surface area (Å²) < 4.78 is 0. The second-order valence-electron chi connectivity index (χ2n) is 6.35. The molecule has 1 fully saturated rings. The highest BCUT2D eigenvalue weighted by atomic mass is 16.7. The Morgan fingerprint density at radius 2 is 1.65 bits per heavy atom. The number of Topliss-reactive ketones (excluding diaryl/α,β-unsaturated/α-hetero) is 1. The van der Waals surface area contributed by atoms with Gasteiger partial charge in [0.25, 0.3) is 0 Å². The van der Waals surface area contributed by atoms with Crippen molar-refractivity contribution in [3.63, 3.8) is 0 Å². The van der Waals surface area contributed by atoms with Gasteiger partial charge >= 0.3 is 0 Å². The van der Waals surface area contributed by atoms with Gasteiger partial charge < -0.3 is 4.84 Å². The zero-order valence-corrected chi connectivity index (χ0v) is 12.0. The molecule has 0 spiro atoms. The normalized spacial score (nSPS) is 24.6. The van der Waals surface area contributed by atoms with Gasteiger partial charge in [0.1, 0.15) is 0 Å². The van der Waals surface area contributed by atoms with Gasteiger partial charge in [0.15, 0.2) is 5.78 Å². The average Bonchev–Trinajstić information content (AvgIpc) is 2.13. The minimum Gasteiger partial charge on any atom is -0.301 e. The second-order valence-corrected chi connectivity index (χ2v) is 6.35. The molecular weight excluding hydrogens is 214 g/mol. The van der Waals surface area contributed by atoms with Crippen LogP contribution in [-0.2, 0) is 9.63 Å². The molecule has 0 radical (unpaired) electrons. The predicted octanol–water partition coefficient (Wildman–Crippen LogP) is 2.96. The topological polar surface area (TPSA) is 29.5 Å². The van der Waals surface area contributed by atoms with E-state index in [-0.39, 0.29) is 22.8 Å². The highest BCUT2D eigenvalue weighted by Crippen LogP contribution is 2.42. The van der Waals surface area contributed by atoms with E-state index in [1.165, 1.54) is 0 Å². The van der Waals surface area contributed by atoms with Gasteiger partial charge in [0.2, 0.25) is 0 Å². The fraction of sp³-hybridized carbons (Fsp3) is 0.786. The lowest BCUT2D eigenvalue weighted by atomic mass is 9.73. The van der Waals surface area contributed by atoms with Gasteiger partial charge in [-0.15, -0.1) is 0 Å². The number of allylic oxidation sites excluding steroid dienone is 1. The quantitative estimate of drug-likeness (QED) is 0.709. The molecule has 0 aromatic heterocycles. The molecule has 1 saturated heterocycles. The lowest BCUT2D eigenvalue weighted by molar-refractivity contribution is -0.269. The standard InChI is InChI=1S/C14H25NO2/c1-10(2)12(16)11-8-13(3,4)15(17-7)14(5,6)9-11/h11H,1,8-9H2,2-7H3. The number of carbonyl (C=O) groups is 1. The van der Waals surface area contributed by atoms with Crippen LogP contribution in [0, 0.1) is 5.92 Å². The smallest absolute Gasteiger partial charge is 0.161 e. The summed E-state index contributed by atoms with van der Waals surface area (Å²) in [6, 6.07) is 0. The van der Waals surface area contributed by atoms with E-state index < -0.39 is 0 Å². The van der Waals surface area contributed by atoms with Crippen molar-refractivity contribution in [2.45, 2.75) is 58.5 Å². The van der Waals surface area contributed by atoms with Crippen LogP contribution in [0.4, 0.5) is 0 Å². The molecule has 0 N–H and O–H groups in total. The lowest BCUT2D eigenvalue weighted by Gasteiger charge is -2.53. The molecule has 0 bridgehead atoms. The Labute approximate surface area is 105 Å². The molecule has 3 nitrogen and oxygen atoms in total. The fourth-order valence-electron chi connectivity index (χ4n) is 3.29. The van der Waals surface area contributed by atoms with E-state index in [1.807, 2.05) is 5.06 Å². The van der Waals surface area contributed by atoms with E-state index in [1.54, 1.807) is 14.0 Å². The summed E-state index contributed by atoms with van der Waals surface area (Å²) in [5.41, 5.74) is 0.394. The van der Waals surface area contributed by atoms with E-state index in [2.05, 4.69) is 34.3 Å². The molecule has 1 rings (SSSR count). The van der Waals surface area contributed by atoms with Crippen LogP contribution in [0.2, 0.25) is 0 Å². The molecule has 0 aromatic carbocycles. The number of rotatable bonds is 3. The first kappa shape index (κ1) is 14.4. The molecule has 0 atom stereocenters. The third kappa shape index (κ3) is 2.78. The van der Waals surface area contributed by atoms with Gasteiger partial charge in [0, 0.05) is 17.0 Å². The Morgan fingerprint density at radius 1 is 1.24 bits per heavy atom. The van der Waals surface area contributed by atoms with Crippen LogP contribution in [0.3, 0.4) is 0 Å². The van der Waals surface area contributed by atoms with E-state index >= 15 is 0 Å². The van der Waals surface area contributed by atoms with Crippen LogP contribution in [0.25, 0.3) is 0 Å². The monoisotopic (exact) mass is 239 g/mol. The van der Waals surface area contributed by atoms with Gasteiger partial charge in [-0.3, -0.25) is 4.79 Å². The van der Waals surface area contributed by atoms with Crippen LogP contribution in [0.5, 0.6) is 0 Å². The van der Waals surface area contributed by atoms with Crippen molar-refractivity contribution in [1.82, 2.24) is 5.06 Å². The summed E-state index contributed by atoms with van der Waals surface area (Å²) in [5.74, 6) is 0.255. The van der Waals surface area contributed by atoms with Gasteiger partial charge in [-0.1, -0.05) is 6.58 Å². The molecule has 1 aliphatic heterocycles. The zero-order chi connectivity index (χ0) is 13.4. The predicted molar refractivity (Wildman–Crippen MR) is 69.6 cm³/mol. The Balaban J connectivity index is 2.99. The number of hydroxylamine groups is 2. The number of piperidine rings is 1. The Morgan fingerprint density at radius 3 is 1.94 bits per heavy atom. The van der Waals surface area contributed by atoms with E-state index in [9.17, 15) is 4.79 Å². The lowest BCUT2D eigenvalue weighted by Crippen LogP contribution is -2.60. The van der Waals surface area contributed by atoms with Crippen LogP contribution in [0.1, 0.15) is 47.5 Å². The Bertz CT molecular complexity index is 313. The van der Waals surface area contributed by atoms with Crippen LogP contribution in [0.15, 0.2) is 12.2 Å². The summed E-state index contributed by atoms with van der Waals surface area (Å²) in [7, 11) is 1.70. The maximum absolute atomic E-state index is 12.1. The highest BCUT2D eigenvalue weighted by Gasteiger charge is 2.47. The zero-order valence-electron chi connectivity index (χ0n) is 12.0. The molecule has 0 aromatic rings. The van der Waals surface area contributed by atoms with Crippen LogP contribution >= 0.6 is 0 Å². The molecule has 0 amide bonds. The largest absolute Gasteiger partial charge is 0.301 e. The van der Waals surface area contributed by atoms with Gasteiger partial charge in [0.05, 0.1) is 7.11 Å². The number of carbonyl (C=O) groups excluding carboxylic acids is 1. The summed E-state index contributed by atoms with van der Waals surface area (Å²) in [4.78, 5) is 17.6. The van der Waals surface area contributed by atoms with E-state index in [0.717, 1.165) is 12.8 Å². The van der Waals surface area contributed by atoms with Gasteiger partial charge in [-0.2, -0.15) is 5.06 Å². The van der Waals surface area contributed by atoms with Gasteiger partial charge in [-0.05, 0) is 53.0 Å². The molecule has 17 heavy (non-hydrogen) atoms. The first-order valence-electron chi connectivity index (χ1n) is 6.16. The highest BCUT2D eigenvalue weighted by molar-refractivity contribution is 5.96. The van der Waals surface area contributed by atoms with Crippen LogP contribution in [-0.4, -0.2) is 29.0 Å². The number of nitrogens with zero attached hydrogens (tertiary/aromatic N) is 1. The fourth-order valence-corrected chi connectivity index (χ4v) is 3.29. The van der Waals surface area contributed by atoms with Gasteiger partial charge in [-0.25, -0.2) is 0 Å². The Kier molecular flexibility index (Phi) is 3.84. The van der Waals surface area contributed by atoms with Crippen LogP contribution < -0.4 is 0 Å². The van der Waals surface area contributed by atoms with Crippen molar-refractivity contribution in [1.29, 1.82) is 0 Å². The van der Waals surface area contributed by atoms with Crippen molar-refractivity contribution >= 4 is 5.78 Å². The number of hydrogen-bond donors (Lipinski definition) is 0. The minimum atomic E-state index is -0.133. The second kappa shape index (κ2) is 4.54. The molecule has 0 aliphatic carbocycles. The van der Waals surface area contributed by atoms with Crippen molar-refractivity contribution in [2.24, 2.45) is 5.92 Å². The Hall–Kier alpha value is -0.670. The van der Waals surface area contributed by atoms with Crippen molar-refractivity contribution in [2.75, 3.05) is 7.11 Å². The molecule has 1 heterocycles. The summed E-state index contributed by atoms with van der Waals surface area (Å²) in [6.45, 7) is 14.1. The van der Waals surface area contributed by atoms with Crippen molar-refractivity contribution < 1.29 is 9.63 Å². The molecule has 98 valence electrons. The summed E-state index contributed by atoms with van der Waals surface area (Å²) >= 11 is 0. The third-order valence-electron chi connectivity index (χ3n) is 3.57. The average molecular weight is 239 g/mol. The SMILES string of the molecule is C=C(C)C(=O)C1CC(C)(C)N(OC)C(C)(C)C1. The molecule has 3 heteroatoms. The summed E-state index contributed by atoms with van der Waals surface area (Å²) in [5, 5.41) is 2.02. The van der Waals surface area contributed by atoms with Crippen molar-refractivity contribution in [3.8, 4) is 0 Å². The van der Waals surface area contributed by atoms with Crippen molar-refractivity contribution in [3.05, 3.63) is 12.2 Å². The molecule has 0 saturated carbocycles. The number of ketones is 1. The number of hydrogen-bond acceptors (Lipinski definition) is 3. The maximum Gasteiger partial charge on any atom is 0.161 e. The third-order valence-corrected chi connectivity index (χ3v) is 3.57. The first-order chi connectivity index (χ1) is 7.62. The molecule has 1 aliphatic rings. The minimum absolute atomic E-state index is 0.0592. The molecular formula is C14H25NO2.